The third-order valence-corrected chi connectivity index (χ3v) is 2.93. The second-order valence-corrected chi connectivity index (χ2v) is 4.05. The van der Waals surface area contributed by atoms with E-state index in [1.807, 2.05) is 0 Å². The zero-order valence-electron chi connectivity index (χ0n) is 8.11. The molecule has 0 fully saturated rings. The first-order chi connectivity index (χ1) is 7.68. The van der Waals surface area contributed by atoms with Gasteiger partial charge in [0.2, 0.25) is 0 Å². The molecule has 0 saturated heterocycles. The summed E-state index contributed by atoms with van der Waals surface area (Å²) in [7, 11) is 0. The number of aliphatic hydroxyl groups excluding tert-OH is 1. The first-order valence-electron chi connectivity index (χ1n) is 4.50. The third kappa shape index (κ3) is 2.07. The van der Waals surface area contributed by atoms with Crippen molar-refractivity contribution in [2.45, 2.75) is 6.10 Å². The Balaban J connectivity index is 2.25. The number of aliphatic hydroxyl groups is 1. The quantitative estimate of drug-likeness (QED) is 0.654. The average molecular weight is 236 g/mol. The Morgan fingerprint density at radius 3 is 2.56 bits per heavy atom. The number of nitrogens with zero attached hydrogens (tertiary/aromatic N) is 2. The largest absolute Gasteiger partial charge is 0.381 e. The number of rotatable bonds is 3. The molecule has 0 aliphatic heterocycles. The number of nitro benzene ring substituents is 1. The number of benzene rings is 1. The van der Waals surface area contributed by atoms with Crippen molar-refractivity contribution in [1.29, 1.82) is 0 Å². The molecule has 0 radical (unpaired) electrons. The van der Waals surface area contributed by atoms with E-state index in [0.717, 1.165) is 0 Å². The number of thiazole rings is 1. The molecule has 0 aliphatic carbocycles. The van der Waals surface area contributed by atoms with Crippen LogP contribution in [0.2, 0.25) is 0 Å². The predicted octanol–water partition coefficient (Wildman–Crippen LogP) is 2.13. The van der Waals surface area contributed by atoms with Crippen molar-refractivity contribution in [1.82, 2.24) is 4.98 Å². The lowest BCUT2D eigenvalue weighted by molar-refractivity contribution is -0.384. The van der Waals surface area contributed by atoms with E-state index in [1.54, 1.807) is 11.6 Å². The van der Waals surface area contributed by atoms with Crippen molar-refractivity contribution >= 4 is 17.0 Å². The van der Waals surface area contributed by atoms with Crippen molar-refractivity contribution < 1.29 is 10.0 Å². The molecular formula is C10H8N2O3S. The van der Waals surface area contributed by atoms with Crippen molar-refractivity contribution in [3.05, 3.63) is 56.5 Å². The van der Waals surface area contributed by atoms with Gasteiger partial charge in [-0.15, -0.1) is 11.3 Å². The van der Waals surface area contributed by atoms with Crippen LogP contribution < -0.4 is 0 Å². The van der Waals surface area contributed by atoms with Crippen LogP contribution in [0, 0.1) is 10.1 Å². The van der Waals surface area contributed by atoms with E-state index in [-0.39, 0.29) is 5.69 Å². The van der Waals surface area contributed by atoms with E-state index in [1.165, 1.54) is 35.6 Å². The van der Waals surface area contributed by atoms with E-state index >= 15 is 0 Å². The van der Waals surface area contributed by atoms with Crippen LogP contribution in [0.25, 0.3) is 0 Å². The van der Waals surface area contributed by atoms with Gasteiger partial charge in [-0.1, -0.05) is 0 Å². The van der Waals surface area contributed by atoms with Gasteiger partial charge in [-0.3, -0.25) is 10.1 Å². The Morgan fingerprint density at radius 1 is 1.38 bits per heavy atom. The molecule has 1 heterocycles. The normalized spacial score (nSPS) is 12.3. The molecule has 0 amide bonds. The minimum Gasteiger partial charge on any atom is -0.381 e. The minimum absolute atomic E-state index is 0.00934. The van der Waals surface area contributed by atoms with Gasteiger partial charge in [-0.05, 0) is 17.7 Å². The molecule has 1 atom stereocenters. The number of non-ortho nitro benzene ring substituents is 1. The van der Waals surface area contributed by atoms with Gasteiger partial charge in [0.15, 0.2) is 0 Å². The fourth-order valence-electron chi connectivity index (χ4n) is 1.29. The van der Waals surface area contributed by atoms with Crippen molar-refractivity contribution in [2.75, 3.05) is 0 Å². The van der Waals surface area contributed by atoms with E-state index < -0.39 is 11.0 Å². The standard InChI is InChI=1S/C10H8N2O3S/c13-9(10-11-5-6-16-10)7-1-3-8(4-2-7)12(14)15/h1-6,9,13H. The predicted molar refractivity (Wildman–Crippen MR) is 59.3 cm³/mol. The Labute approximate surface area is 95.2 Å². The first-order valence-corrected chi connectivity index (χ1v) is 5.38. The molecule has 1 N–H and O–H groups in total. The second kappa shape index (κ2) is 4.38. The molecule has 1 aromatic carbocycles. The summed E-state index contributed by atoms with van der Waals surface area (Å²) in [6.45, 7) is 0. The number of hydrogen-bond donors (Lipinski definition) is 1. The molecular weight excluding hydrogens is 228 g/mol. The number of aromatic nitrogens is 1. The van der Waals surface area contributed by atoms with Crippen molar-refractivity contribution in [3.8, 4) is 0 Å². The maximum atomic E-state index is 10.4. The van der Waals surface area contributed by atoms with Gasteiger partial charge >= 0.3 is 0 Å². The minimum atomic E-state index is -0.819. The highest BCUT2D eigenvalue weighted by Crippen LogP contribution is 2.24. The fourth-order valence-corrected chi connectivity index (χ4v) is 1.94. The molecule has 0 aliphatic rings. The SMILES string of the molecule is O=[N+]([O-])c1ccc(C(O)c2nccs2)cc1. The van der Waals surface area contributed by atoms with Crippen LogP contribution in [-0.4, -0.2) is 15.0 Å². The summed E-state index contributed by atoms with van der Waals surface area (Å²) in [5, 5.41) is 22.7. The lowest BCUT2D eigenvalue weighted by Gasteiger charge is -2.06. The molecule has 0 spiro atoms. The molecule has 82 valence electrons. The highest BCUT2D eigenvalue weighted by Gasteiger charge is 2.14. The zero-order valence-corrected chi connectivity index (χ0v) is 8.92. The van der Waals surface area contributed by atoms with Crippen LogP contribution in [0.5, 0.6) is 0 Å². The molecule has 0 saturated carbocycles. The average Bonchev–Trinajstić information content (AvgIpc) is 2.81. The summed E-state index contributed by atoms with van der Waals surface area (Å²) in [5.41, 5.74) is 0.607. The molecule has 1 aromatic heterocycles. The van der Waals surface area contributed by atoms with Gasteiger partial charge in [0.05, 0.1) is 4.92 Å². The third-order valence-electron chi connectivity index (χ3n) is 2.10. The smallest absolute Gasteiger partial charge is 0.269 e. The molecule has 0 bridgehead atoms. The van der Waals surface area contributed by atoms with Crippen LogP contribution in [0.3, 0.4) is 0 Å². The molecule has 2 aromatic rings. The van der Waals surface area contributed by atoms with Gasteiger partial charge < -0.3 is 5.11 Å². The fraction of sp³-hybridized carbons (Fsp3) is 0.100. The topological polar surface area (TPSA) is 76.3 Å². The van der Waals surface area contributed by atoms with Gasteiger partial charge in [0.1, 0.15) is 11.1 Å². The molecule has 5 nitrogen and oxygen atoms in total. The lowest BCUT2D eigenvalue weighted by Crippen LogP contribution is -1.99. The Kier molecular flexibility index (Phi) is 2.93. The zero-order chi connectivity index (χ0) is 11.5. The van der Waals surface area contributed by atoms with Crippen LogP contribution in [-0.2, 0) is 0 Å². The summed E-state index contributed by atoms with van der Waals surface area (Å²) < 4.78 is 0. The van der Waals surface area contributed by atoms with E-state index in [4.69, 9.17) is 0 Å². The lowest BCUT2D eigenvalue weighted by atomic mass is 10.1. The monoisotopic (exact) mass is 236 g/mol. The summed E-state index contributed by atoms with van der Waals surface area (Å²) >= 11 is 1.34. The van der Waals surface area contributed by atoms with Crippen molar-refractivity contribution in [3.63, 3.8) is 0 Å². The number of hydrogen-bond acceptors (Lipinski definition) is 5. The van der Waals surface area contributed by atoms with E-state index in [0.29, 0.717) is 10.6 Å². The summed E-state index contributed by atoms with van der Waals surface area (Å²) in [4.78, 5) is 14.0. The van der Waals surface area contributed by atoms with Crippen LogP contribution in [0.4, 0.5) is 5.69 Å². The van der Waals surface area contributed by atoms with Gasteiger partial charge in [-0.2, -0.15) is 0 Å². The Hall–Kier alpha value is -1.79. The maximum absolute atomic E-state index is 10.4. The number of nitro groups is 1. The van der Waals surface area contributed by atoms with Crippen LogP contribution in [0.1, 0.15) is 16.7 Å². The second-order valence-electron chi connectivity index (χ2n) is 3.12. The first kappa shape index (κ1) is 10.7. The van der Waals surface area contributed by atoms with Crippen LogP contribution in [0.15, 0.2) is 35.8 Å². The Bertz CT molecular complexity index is 481. The maximum Gasteiger partial charge on any atom is 0.269 e. The highest BCUT2D eigenvalue weighted by atomic mass is 32.1. The van der Waals surface area contributed by atoms with Gasteiger partial charge in [-0.25, -0.2) is 4.98 Å². The molecule has 16 heavy (non-hydrogen) atoms. The van der Waals surface area contributed by atoms with Crippen molar-refractivity contribution in [2.24, 2.45) is 0 Å². The summed E-state index contributed by atoms with van der Waals surface area (Å²) in [6.07, 6.45) is 0.787. The molecule has 6 heteroatoms. The summed E-state index contributed by atoms with van der Waals surface area (Å²) in [6, 6.07) is 5.80. The van der Waals surface area contributed by atoms with Gasteiger partial charge in [0.25, 0.3) is 5.69 Å². The molecule has 2 rings (SSSR count). The van der Waals surface area contributed by atoms with E-state index in [9.17, 15) is 15.2 Å². The highest BCUT2D eigenvalue weighted by molar-refractivity contribution is 7.09. The Morgan fingerprint density at radius 2 is 2.06 bits per heavy atom. The van der Waals surface area contributed by atoms with E-state index in [2.05, 4.69) is 4.98 Å². The molecule has 1 unspecified atom stereocenters. The summed E-state index contributed by atoms with van der Waals surface area (Å²) in [5.74, 6) is 0. The van der Waals surface area contributed by atoms with Crippen LogP contribution >= 0.6 is 11.3 Å². The van der Waals surface area contributed by atoms with Gasteiger partial charge in [0, 0.05) is 23.7 Å².